The van der Waals surface area contributed by atoms with Crippen molar-refractivity contribution in [1.82, 2.24) is 9.55 Å². The number of H-pyrrole nitrogens is 1. The molecule has 176 valence electrons. The molecule has 1 fully saturated rings. The van der Waals surface area contributed by atoms with Crippen LogP contribution >= 0.6 is 0 Å². The van der Waals surface area contributed by atoms with Crippen molar-refractivity contribution in [2.45, 2.75) is 44.6 Å². The maximum absolute atomic E-state index is 16.2. The van der Waals surface area contributed by atoms with Crippen LogP contribution in [0.1, 0.15) is 37.4 Å². The standard InChI is InChI=1S/C21H21FN2O9/c1-12(25)31-17-20(3,32-13(2)26)18(24-10-9-15(27)23-19(24)29)33-21(17,22)11-30-16(28)14-7-5-4-6-8-14/h4-10,17-18H,11H2,1-3H3,(H,23,27,29). The number of nitrogens with one attached hydrogen (secondary N) is 1. The minimum absolute atomic E-state index is 0.124. The van der Waals surface area contributed by atoms with Gasteiger partial charge in [-0.1, -0.05) is 18.2 Å². The lowest BCUT2D eigenvalue weighted by Gasteiger charge is -2.34. The van der Waals surface area contributed by atoms with Gasteiger partial charge < -0.3 is 18.9 Å². The van der Waals surface area contributed by atoms with Crippen LogP contribution in [0.3, 0.4) is 0 Å². The second kappa shape index (κ2) is 8.98. The summed E-state index contributed by atoms with van der Waals surface area (Å²) in [5, 5.41) is 0. The molecule has 4 atom stereocenters. The zero-order valence-electron chi connectivity index (χ0n) is 17.9. The van der Waals surface area contributed by atoms with Crippen LogP contribution in [-0.4, -0.2) is 51.6 Å². The number of hydrogen-bond donors (Lipinski definition) is 1. The Morgan fingerprint density at radius 2 is 1.79 bits per heavy atom. The fourth-order valence-electron chi connectivity index (χ4n) is 3.58. The van der Waals surface area contributed by atoms with Crippen LogP contribution in [0.15, 0.2) is 52.2 Å². The number of nitrogens with zero attached hydrogens (tertiary/aromatic N) is 1. The molecule has 0 saturated carbocycles. The van der Waals surface area contributed by atoms with Crippen LogP contribution in [-0.2, 0) is 28.5 Å². The van der Waals surface area contributed by atoms with Gasteiger partial charge in [-0.25, -0.2) is 14.0 Å². The van der Waals surface area contributed by atoms with Gasteiger partial charge in [-0.05, 0) is 19.1 Å². The van der Waals surface area contributed by atoms with Gasteiger partial charge in [0.15, 0.2) is 18.4 Å². The van der Waals surface area contributed by atoms with Gasteiger partial charge in [0.25, 0.3) is 11.4 Å². The topological polar surface area (TPSA) is 143 Å². The van der Waals surface area contributed by atoms with Crippen molar-refractivity contribution in [3.05, 3.63) is 69.0 Å². The third kappa shape index (κ3) is 4.85. The molecule has 0 amide bonds. The Morgan fingerprint density at radius 1 is 1.12 bits per heavy atom. The lowest BCUT2D eigenvalue weighted by Crippen LogP contribution is -2.54. The van der Waals surface area contributed by atoms with Crippen molar-refractivity contribution in [3.8, 4) is 0 Å². The number of ether oxygens (including phenoxy) is 4. The second-order valence-electron chi connectivity index (χ2n) is 7.48. The summed E-state index contributed by atoms with van der Waals surface area (Å²) in [5.41, 5.74) is -3.70. The summed E-state index contributed by atoms with van der Waals surface area (Å²) in [6.07, 6.45) is -2.64. The largest absolute Gasteiger partial charge is 0.456 e. The first-order chi connectivity index (χ1) is 15.5. The lowest BCUT2D eigenvalue weighted by atomic mass is 9.94. The van der Waals surface area contributed by atoms with E-state index in [9.17, 15) is 24.0 Å². The Bertz CT molecular complexity index is 1180. The first-order valence-corrected chi connectivity index (χ1v) is 9.73. The van der Waals surface area contributed by atoms with E-state index in [0.717, 1.165) is 30.7 Å². The predicted octanol–water partition coefficient (Wildman–Crippen LogP) is 0.842. The highest BCUT2D eigenvalue weighted by atomic mass is 19.2. The summed E-state index contributed by atoms with van der Waals surface area (Å²) in [5.74, 6) is -5.77. The molecule has 3 rings (SSSR count). The van der Waals surface area contributed by atoms with Gasteiger partial charge in [0.1, 0.15) is 0 Å². The zero-order chi connectivity index (χ0) is 24.4. The van der Waals surface area contributed by atoms with Gasteiger partial charge in [-0.15, -0.1) is 0 Å². The number of esters is 3. The first-order valence-electron chi connectivity index (χ1n) is 9.73. The first kappa shape index (κ1) is 23.9. The van der Waals surface area contributed by atoms with E-state index >= 15 is 4.39 Å². The van der Waals surface area contributed by atoms with E-state index in [2.05, 4.69) is 0 Å². The smallest absolute Gasteiger partial charge is 0.338 e. The summed E-state index contributed by atoms with van der Waals surface area (Å²) >= 11 is 0. The van der Waals surface area contributed by atoms with E-state index in [1.54, 1.807) is 18.2 Å². The fraction of sp³-hybridized carbons (Fsp3) is 0.381. The fourth-order valence-corrected chi connectivity index (χ4v) is 3.58. The number of aromatic nitrogens is 2. The Morgan fingerprint density at radius 3 is 2.36 bits per heavy atom. The van der Waals surface area contributed by atoms with E-state index in [-0.39, 0.29) is 5.56 Å². The Kier molecular flexibility index (Phi) is 6.49. The SMILES string of the molecule is CC(=O)OC1C(F)(COC(=O)c2ccccc2)OC(n2ccc(=O)[nH]c2=O)C1(C)OC(C)=O. The molecule has 11 nitrogen and oxygen atoms in total. The molecule has 1 saturated heterocycles. The van der Waals surface area contributed by atoms with E-state index in [1.165, 1.54) is 19.1 Å². The summed E-state index contributed by atoms with van der Waals surface area (Å²) in [6.45, 7) is 2.13. The minimum Gasteiger partial charge on any atom is -0.456 e. The number of alkyl halides is 1. The summed E-state index contributed by atoms with van der Waals surface area (Å²) in [4.78, 5) is 61.7. The highest BCUT2D eigenvalue weighted by molar-refractivity contribution is 5.89. The zero-order valence-corrected chi connectivity index (χ0v) is 17.9. The molecule has 12 heteroatoms. The average Bonchev–Trinajstić information content (AvgIpc) is 2.94. The summed E-state index contributed by atoms with van der Waals surface area (Å²) in [7, 11) is 0. The van der Waals surface area contributed by atoms with Gasteiger partial charge in [0.05, 0.1) is 5.56 Å². The van der Waals surface area contributed by atoms with Gasteiger partial charge in [-0.2, -0.15) is 0 Å². The van der Waals surface area contributed by atoms with Crippen LogP contribution in [0.25, 0.3) is 0 Å². The van der Waals surface area contributed by atoms with E-state index in [1.807, 2.05) is 4.98 Å². The lowest BCUT2D eigenvalue weighted by molar-refractivity contribution is -0.217. The van der Waals surface area contributed by atoms with Crippen LogP contribution in [0.5, 0.6) is 0 Å². The van der Waals surface area contributed by atoms with Crippen molar-refractivity contribution in [2.24, 2.45) is 0 Å². The number of hydrogen-bond acceptors (Lipinski definition) is 9. The Balaban J connectivity index is 2.03. The third-order valence-electron chi connectivity index (χ3n) is 4.87. The highest BCUT2D eigenvalue weighted by Crippen LogP contribution is 2.49. The number of aromatic amines is 1. The van der Waals surface area contributed by atoms with Crippen LogP contribution in [0.4, 0.5) is 4.39 Å². The van der Waals surface area contributed by atoms with Crippen molar-refractivity contribution >= 4 is 17.9 Å². The van der Waals surface area contributed by atoms with Crippen LogP contribution in [0.2, 0.25) is 0 Å². The number of carbonyl (C=O) groups excluding carboxylic acids is 3. The molecule has 1 aromatic carbocycles. The highest BCUT2D eigenvalue weighted by Gasteiger charge is 2.69. The normalized spacial score (nSPS) is 26.4. The molecule has 1 aliphatic rings. The van der Waals surface area contributed by atoms with Crippen molar-refractivity contribution in [1.29, 1.82) is 0 Å². The predicted molar refractivity (Wildman–Crippen MR) is 108 cm³/mol. The van der Waals surface area contributed by atoms with E-state index in [4.69, 9.17) is 18.9 Å². The summed E-state index contributed by atoms with van der Waals surface area (Å²) in [6, 6.07) is 8.67. The van der Waals surface area contributed by atoms with Gasteiger partial charge >= 0.3 is 23.6 Å². The van der Waals surface area contributed by atoms with E-state index in [0.29, 0.717) is 0 Å². The average molecular weight is 464 g/mol. The Hall–Kier alpha value is -3.80. The molecule has 0 radical (unpaired) electrons. The Labute approximate surface area is 186 Å². The number of rotatable bonds is 6. The molecule has 0 spiro atoms. The molecule has 1 aliphatic heterocycles. The molecule has 2 heterocycles. The molecule has 0 aliphatic carbocycles. The van der Waals surface area contributed by atoms with Crippen molar-refractivity contribution in [2.75, 3.05) is 6.61 Å². The maximum atomic E-state index is 16.2. The number of halogens is 1. The number of carbonyl (C=O) groups is 3. The molecule has 2 aromatic rings. The molecule has 1 N–H and O–H groups in total. The quantitative estimate of drug-likeness (QED) is 0.486. The minimum atomic E-state index is -3.03. The van der Waals surface area contributed by atoms with Crippen LogP contribution in [0, 0.1) is 0 Å². The van der Waals surface area contributed by atoms with Gasteiger partial charge in [0, 0.05) is 26.1 Å². The monoisotopic (exact) mass is 464 g/mol. The molecule has 0 bridgehead atoms. The van der Waals surface area contributed by atoms with Gasteiger partial charge in [-0.3, -0.25) is 23.9 Å². The molecule has 1 aromatic heterocycles. The second-order valence-corrected chi connectivity index (χ2v) is 7.48. The van der Waals surface area contributed by atoms with Crippen molar-refractivity contribution in [3.63, 3.8) is 0 Å². The molecular formula is C21H21FN2O9. The van der Waals surface area contributed by atoms with Crippen molar-refractivity contribution < 1.29 is 37.7 Å². The molecule has 4 unspecified atom stereocenters. The summed E-state index contributed by atoms with van der Waals surface area (Å²) < 4.78 is 37.8. The van der Waals surface area contributed by atoms with E-state index < -0.39 is 59.6 Å². The third-order valence-corrected chi connectivity index (χ3v) is 4.87. The van der Waals surface area contributed by atoms with Crippen LogP contribution < -0.4 is 11.2 Å². The molecule has 33 heavy (non-hydrogen) atoms. The maximum Gasteiger partial charge on any atom is 0.338 e. The number of benzene rings is 1. The van der Waals surface area contributed by atoms with Gasteiger partial charge in [0.2, 0.25) is 6.10 Å². The molecular weight excluding hydrogens is 443 g/mol.